The maximum atomic E-state index is 13.6. The van der Waals surface area contributed by atoms with E-state index in [1.807, 2.05) is 24.4 Å². The highest BCUT2D eigenvalue weighted by molar-refractivity contribution is 7.12. The monoisotopic (exact) mass is 496 g/mol. The Hall–Kier alpha value is -2.62. The van der Waals surface area contributed by atoms with Gasteiger partial charge in [-0.05, 0) is 66.8 Å². The number of thiophene rings is 1. The number of hydrogen-bond donors (Lipinski definition) is 0. The molecule has 2 amide bonds. The Morgan fingerprint density at radius 2 is 1.97 bits per heavy atom. The Balaban J connectivity index is 1.36. The van der Waals surface area contributed by atoms with Crippen LogP contribution in [0.3, 0.4) is 0 Å². The number of hydrogen-bond acceptors (Lipinski definition) is 7. The van der Waals surface area contributed by atoms with Gasteiger partial charge < -0.3 is 14.5 Å². The Morgan fingerprint density at radius 1 is 1.15 bits per heavy atom. The van der Waals surface area contributed by atoms with Crippen LogP contribution in [0.2, 0.25) is 0 Å². The number of nitrogens with zero attached hydrogens (tertiary/aromatic N) is 4. The Labute approximate surface area is 207 Å². The molecule has 1 aliphatic carbocycles. The van der Waals surface area contributed by atoms with Crippen molar-refractivity contribution in [1.82, 2.24) is 19.8 Å². The molecule has 3 aromatic heterocycles. The number of pyridine rings is 1. The average Bonchev–Trinajstić information content (AvgIpc) is 3.43. The molecule has 34 heavy (non-hydrogen) atoms. The van der Waals surface area contributed by atoms with E-state index >= 15 is 0 Å². The van der Waals surface area contributed by atoms with E-state index in [0.717, 1.165) is 40.4 Å². The van der Waals surface area contributed by atoms with Gasteiger partial charge in [0.15, 0.2) is 0 Å². The van der Waals surface area contributed by atoms with Gasteiger partial charge >= 0.3 is 0 Å². The summed E-state index contributed by atoms with van der Waals surface area (Å²) in [6.07, 6.45) is 7.45. The molecule has 0 radical (unpaired) electrons. The van der Waals surface area contributed by atoms with Gasteiger partial charge in [0.1, 0.15) is 6.54 Å². The van der Waals surface area contributed by atoms with Crippen molar-refractivity contribution in [3.05, 3.63) is 67.6 Å². The number of aromatic nitrogens is 2. The summed E-state index contributed by atoms with van der Waals surface area (Å²) in [6.45, 7) is 3.66. The van der Waals surface area contributed by atoms with Crippen LogP contribution in [0.15, 0.2) is 35.3 Å². The third-order valence-electron chi connectivity index (χ3n) is 6.37. The van der Waals surface area contributed by atoms with E-state index in [1.54, 1.807) is 33.5 Å². The third-order valence-corrected chi connectivity index (χ3v) is 8.25. The van der Waals surface area contributed by atoms with Gasteiger partial charge in [-0.3, -0.25) is 14.6 Å². The summed E-state index contributed by atoms with van der Waals surface area (Å²) in [5.74, 6) is -0.121. The molecule has 1 aliphatic heterocycles. The van der Waals surface area contributed by atoms with Crippen molar-refractivity contribution in [2.75, 3.05) is 19.6 Å². The van der Waals surface area contributed by atoms with Crippen LogP contribution in [0.1, 0.15) is 49.9 Å². The van der Waals surface area contributed by atoms with Gasteiger partial charge in [-0.2, -0.15) is 0 Å². The molecule has 9 heteroatoms. The lowest BCUT2D eigenvalue weighted by molar-refractivity contribution is -0.132. The molecule has 2 aliphatic rings. The highest BCUT2D eigenvalue weighted by Gasteiger charge is 2.33. The minimum absolute atomic E-state index is 0.0506. The number of thiazole rings is 1. The van der Waals surface area contributed by atoms with Gasteiger partial charge in [0.2, 0.25) is 5.91 Å². The lowest BCUT2D eigenvalue weighted by Crippen LogP contribution is -2.39. The molecule has 1 fully saturated rings. The first-order chi connectivity index (χ1) is 16.6. The van der Waals surface area contributed by atoms with E-state index in [4.69, 9.17) is 4.74 Å². The first-order valence-electron chi connectivity index (χ1n) is 11.6. The van der Waals surface area contributed by atoms with Gasteiger partial charge in [-0.1, -0.05) is 0 Å². The number of amides is 2. The van der Waals surface area contributed by atoms with E-state index < -0.39 is 0 Å². The third kappa shape index (κ3) is 5.21. The summed E-state index contributed by atoms with van der Waals surface area (Å²) in [6, 6.07) is 3.83. The van der Waals surface area contributed by atoms with E-state index in [2.05, 4.69) is 15.3 Å². The lowest BCUT2D eigenvalue weighted by atomic mass is 9.93. The SMILES string of the molecule is Cc1nc(CN2C[C@H](OCc3ccncc3)CN(C(=O)c3scc4c3CCCC4)CC2=O)cs1. The van der Waals surface area contributed by atoms with Crippen LogP contribution < -0.4 is 0 Å². The molecular weight excluding hydrogens is 468 g/mol. The van der Waals surface area contributed by atoms with Crippen molar-refractivity contribution in [3.8, 4) is 0 Å². The number of aryl methyl sites for hydroxylation is 2. The molecular formula is C25H28N4O3S2. The maximum Gasteiger partial charge on any atom is 0.264 e. The molecule has 4 heterocycles. The molecule has 1 atom stereocenters. The fraction of sp³-hybridized carbons (Fsp3) is 0.440. The predicted molar refractivity (Wildman–Crippen MR) is 132 cm³/mol. The zero-order valence-electron chi connectivity index (χ0n) is 19.2. The van der Waals surface area contributed by atoms with Crippen LogP contribution >= 0.6 is 22.7 Å². The number of ether oxygens (including phenoxy) is 1. The van der Waals surface area contributed by atoms with Crippen LogP contribution in [0.4, 0.5) is 0 Å². The molecule has 178 valence electrons. The number of carbonyl (C=O) groups is 2. The van der Waals surface area contributed by atoms with Crippen molar-refractivity contribution in [1.29, 1.82) is 0 Å². The summed E-state index contributed by atoms with van der Waals surface area (Å²) in [5, 5.41) is 5.08. The van der Waals surface area contributed by atoms with Gasteiger partial charge in [0, 0.05) is 30.9 Å². The van der Waals surface area contributed by atoms with E-state index in [-0.39, 0.29) is 24.5 Å². The second-order valence-electron chi connectivity index (χ2n) is 8.88. The topological polar surface area (TPSA) is 75.6 Å². The van der Waals surface area contributed by atoms with Gasteiger partial charge in [-0.25, -0.2) is 4.98 Å². The van der Waals surface area contributed by atoms with Crippen molar-refractivity contribution >= 4 is 34.5 Å². The smallest absolute Gasteiger partial charge is 0.264 e. The number of fused-ring (bicyclic) bond motifs is 1. The Morgan fingerprint density at radius 3 is 2.76 bits per heavy atom. The largest absolute Gasteiger partial charge is 0.370 e. The molecule has 0 saturated carbocycles. The van der Waals surface area contributed by atoms with E-state index in [1.165, 1.54) is 28.9 Å². The quantitative estimate of drug-likeness (QED) is 0.518. The first kappa shape index (κ1) is 23.1. The summed E-state index contributed by atoms with van der Waals surface area (Å²) in [4.78, 5) is 39.7. The average molecular weight is 497 g/mol. The van der Waals surface area contributed by atoms with E-state index in [9.17, 15) is 9.59 Å². The normalized spacial score (nSPS) is 18.6. The minimum Gasteiger partial charge on any atom is -0.370 e. The molecule has 0 unspecified atom stereocenters. The molecule has 0 aromatic carbocycles. The molecule has 0 bridgehead atoms. The summed E-state index contributed by atoms with van der Waals surface area (Å²) >= 11 is 3.10. The molecule has 7 nitrogen and oxygen atoms in total. The van der Waals surface area contributed by atoms with Gasteiger partial charge in [0.25, 0.3) is 5.91 Å². The van der Waals surface area contributed by atoms with Crippen molar-refractivity contribution in [3.63, 3.8) is 0 Å². The highest BCUT2D eigenvalue weighted by Crippen LogP contribution is 2.31. The lowest BCUT2D eigenvalue weighted by Gasteiger charge is -2.25. The fourth-order valence-corrected chi connectivity index (χ4v) is 6.33. The number of rotatable bonds is 6. The minimum atomic E-state index is -0.293. The summed E-state index contributed by atoms with van der Waals surface area (Å²) < 4.78 is 6.25. The van der Waals surface area contributed by atoms with Crippen LogP contribution in [0.25, 0.3) is 0 Å². The molecule has 5 rings (SSSR count). The fourth-order valence-electron chi connectivity index (χ4n) is 4.60. The standard InChI is InChI=1S/C25H28N4O3S2/c1-17-27-20(16-33-17)10-28-11-21(32-14-18-6-8-26-9-7-18)12-29(13-23(28)30)25(31)24-22-5-3-2-4-19(22)15-34-24/h6-9,15-16,21H,2-5,10-14H2,1H3/t21-/m0/s1. The Kier molecular flexibility index (Phi) is 7.03. The van der Waals surface area contributed by atoms with Crippen molar-refractivity contribution in [2.45, 2.75) is 51.9 Å². The highest BCUT2D eigenvalue weighted by atomic mass is 32.1. The Bertz CT molecular complexity index is 1160. The zero-order chi connectivity index (χ0) is 23.5. The predicted octanol–water partition coefficient (Wildman–Crippen LogP) is 3.86. The number of carbonyl (C=O) groups excluding carboxylic acids is 2. The first-order valence-corrected chi connectivity index (χ1v) is 13.4. The molecule has 1 saturated heterocycles. The van der Waals surface area contributed by atoms with E-state index in [0.29, 0.717) is 26.2 Å². The van der Waals surface area contributed by atoms with Crippen molar-refractivity contribution in [2.24, 2.45) is 0 Å². The second-order valence-corrected chi connectivity index (χ2v) is 10.8. The van der Waals surface area contributed by atoms with Crippen LogP contribution in [0.5, 0.6) is 0 Å². The summed E-state index contributed by atoms with van der Waals surface area (Å²) in [7, 11) is 0. The van der Waals surface area contributed by atoms with Gasteiger partial charge in [-0.15, -0.1) is 22.7 Å². The zero-order valence-corrected chi connectivity index (χ0v) is 20.9. The van der Waals surface area contributed by atoms with Crippen LogP contribution in [-0.4, -0.2) is 57.3 Å². The van der Waals surface area contributed by atoms with Crippen LogP contribution in [-0.2, 0) is 35.5 Å². The molecule has 0 spiro atoms. The second kappa shape index (κ2) is 10.3. The molecule has 0 N–H and O–H groups in total. The molecule has 3 aromatic rings. The maximum absolute atomic E-state index is 13.6. The van der Waals surface area contributed by atoms with Crippen LogP contribution in [0, 0.1) is 6.92 Å². The van der Waals surface area contributed by atoms with Crippen molar-refractivity contribution < 1.29 is 14.3 Å². The van der Waals surface area contributed by atoms with Gasteiger partial charge in [0.05, 0.1) is 34.8 Å². The summed E-state index contributed by atoms with van der Waals surface area (Å²) in [5.41, 5.74) is 4.36.